The molecule has 94 valence electrons. The lowest BCUT2D eigenvalue weighted by molar-refractivity contribution is -0.120. The van der Waals surface area contributed by atoms with Gasteiger partial charge in [0, 0.05) is 19.8 Å². The maximum absolute atomic E-state index is 11.1. The van der Waals surface area contributed by atoms with E-state index in [0.29, 0.717) is 5.56 Å². The number of ketones is 2. The zero-order valence-corrected chi connectivity index (χ0v) is 10.4. The molecule has 0 atom stereocenters. The van der Waals surface area contributed by atoms with Gasteiger partial charge in [0.15, 0.2) is 11.6 Å². The second-order valence-electron chi connectivity index (χ2n) is 3.36. The van der Waals surface area contributed by atoms with Crippen molar-refractivity contribution in [3.05, 3.63) is 35.9 Å². The van der Waals surface area contributed by atoms with Gasteiger partial charge < -0.3 is 9.47 Å². The lowest BCUT2D eigenvalue weighted by atomic mass is 10.1. The van der Waals surface area contributed by atoms with Gasteiger partial charge in [0.25, 0.3) is 0 Å². The Kier molecular flexibility index (Phi) is 8.82. The molecule has 0 bridgehead atoms. The molecular formula is C13H18O4. The molecule has 4 heteroatoms. The maximum Gasteiger partial charge on any atom is 0.188 e. The van der Waals surface area contributed by atoms with E-state index in [-0.39, 0.29) is 24.8 Å². The van der Waals surface area contributed by atoms with Gasteiger partial charge in [-0.2, -0.15) is 0 Å². The van der Waals surface area contributed by atoms with Crippen LogP contribution in [0.25, 0.3) is 0 Å². The van der Waals surface area contributed by atoms with E-state index >= 15 is 0 Å². The minimum absolute atomic E-state index is 0.0214. The highest BCUT2D eigenvalue weighted by atomic mass is 16.5. The Balaban J connectivity index is 0.000000366. The summed E-state index contributed by atoms with van der Waals surface area (Å²) in [6, 6.07) is 9.11. The second kappa shape index (κ2) is 9.69. The fourth-order valence-corrected chi connectivity index (χ4v) is 1.04. The number of ether oxygens (including phenoxy) is 2. The largest absolute Gasteiger partial charge is 0.377 e. The molecule has 0 fully saturated rings. The van der Waals surface area contributed by atoms with Gasteiger partial charge in [0.05, 0.1) is 0 Å². The Morgan fingerprint density at radius 1 is 1.00 bits per heavy atom. The Bertz CT molecular complexity index is 333. The van der Waals surface area contributed by atoms with Crippen molar-refractivity contribution in [1.82, 2.24) is 0 Å². The number of methoxy groups -OCH3 is 2. The number of benzene rings is 1. The number of Topliss-reactive ketones (excluding diaryl/α,β-unsaturated/α-hetero) is 2. The van der Waals surface area contributed by atoms with E-state index in [1.807, 2.05) is 18.2 Å². The van der Waals surface area contributed by atoms with Crippen molar-refractivity contribution < 1.29 is 19.1 Å². The fourth-order valence-electron chi connectivity index (χ4n) is 1.04. The van der Waals surface area contributed by atoms with Crippen molar-refractivity contribution in [2.24, 2.45) is 0 Å². The monoisotopic (exact) mass is 238 g/mol. The van der Waals surface area contributed by atoms with Crippen LogP contribution in [0.4, 0.5) is 0 Å². The number of hydrogen-bond donors (Lipinski definition) is 0. The predicted molar refractivity (Wildman–Crippen MR) is 65.2 cm³/mol. The van der Waals surface area contributed by atoms with E-state index in [2.05, 4.69) is 4.74 Å². The first-order chi connectivity index (χ1) is 8.11. The summed E-state index contributed by atoms with van der Waals surface area (Å²) < 4.78 is 9.16. The second-order valence-corrected chi connectivity index (χ2v) is 3.36. The number of carbonyl (C=O) groups is 2. The van der Waals surface area contributed by atoms with E-state index in [9.17, 15) is 9.59 Å². The maximum atomic E-state index is 11.1. The zero-order chi connectivity index (χ0) is 13.1. The van der Waals surface area contributed by atoms with Crippen LogP contribution in [-0.2, 0) is 14.3 Å². The molecule has 0 saturated heterocycles. The van der Waals surface area contributed by atoms with Crippen molar-refractivity contribution in [3.8, 4) is 0 Å². The first kappa shape index (κ1) is 15.5. The molecule has 0 aliphatic carbocycles. The summed E-state index contributed by atoms with van der Waals surface area (Å²) in [5, 5.41) is 0. The Hall–Kier alpha value is -1.52. The van der Waals surface area contributed by atoms with Gasteiger partial charge in [-0.25, -0.2) is 0 Å². The topological polar surface area (TPSA) is 52.6 Å². The molecule has 0 N–H and O–H groups in total. The van der Waals surface area contributed by atoms with E-state index in [4.69, 9.17) is 4.74 Å². The van der Waals surface area contributed by atoms with Crippen LogP contribution in [-0.4, -0.2) is 39.0 Å². The van der Waals surface area contributed by atoms with E-state index in [1.54, 1.807) is 12.1 Å². The van der Waals surface area contributed by atoms with Crippen molar-refractivity contribution in [2.45, 2.75) is 6.92 Å². The highest BCUT2D eigenvalue weighted by Gasteiger charge is 2.01. The van der Waals surface area contributed by atoms with Gasteiger partial charge in [0.1, 0.15) is 13.2 Å². The molecule has 17 heavy (non-hydrogen) atoms. The molecule has 4 nitrogen and oxygen atoms in total. The van der Waals surface area contributed by atoms with E-state index in [0.717, 1.165) is 0 Å². The third kappa shape index (κ3) is 8.30. The number of carbonyl (C=O) groups excluding carboxylic acids is 2. The van der Waals surface area contributed by atoms with Crippen molar-refractivity contribution in [2.75, 3.05) is 27.4 Å². The summed E-state index contributed by atoms with van der Waals surface area (Å²) in [4.78, 5) is 21.0. The van der Waals surface area contributed by atoms with Crippen molar-refractivity contribution in [1.29, 1.82) is 0 Å². The summed E-state index contributed by atoms with van der Waals surface area (Å²) in [5.41, 5.74) is 0.703. The van der Waals surface area contributed by atoms with Crippen LogP contribution in [0.1, 0.15) is 17.3 Å². The SMILES string of the molecule is COCC(=O)c1ccccc1.COCC(C)=O. The van der Waals surface area contributed by atoms with Crippen LogP contribution in [0, 0.1) is 0 Å². The molecule has 0 saturated carbocycles. The molecular weight excluding hydrogens is 220 g/mol. The summed E-state index contributed by atoms with van der Waals surface area (Å²) in [6.07, 6.45) is 0. The van der Waals surface area contributed by atoms with Crippen LogP contribution >= 0.6 is 0 Å². The molecule has 0 aromatic heterocycles. The molecule has 0 aliphatic heterocycles. The summed E-state index contributed by atoms with van der Waals surface area (Å²) >= 11 is 0. The number of hydrogen-bond acceptors (Lipinski definition) is 4. The molecule has 1 aromatic rings. The van der Waals surface area contributed by atoms with Gasteiger partial charge in [-0.3, -0.25) is 9.59 Å². The molecule has 1 rings (SSSR count). The van der Waals surface area contributed by atoms with Gasteiger partial charge in [0.2, 0.25) is 0 Å². The van der Waals surface area contributed by atoms with Gasteiger partial charge in [-0.05, 0) is 6.92 Å². The molecule has 0 heterocycles. The smallest absolute Gasteiger partial charge is 0.188 e. The van der Waals surface area contributed by atoms with E-state index in [1.165, 1.54) is 21.1 Å². The standard InChI is InChI=1S/C9H10O2.C4H8O2/c1-11-7-9(10)8-5-3-2-4-6-8;1-4(5)3-6-2/h2-6H,7H2,1H3;3H2,1-2H3. The van der Waals surface area contributed by atoms with Gasteiger partial charge in [-0.15, -0.1) is 0 Å². The lowest BCUT2D eigenvalue weighted by Crippen LogP contribution is -2.06. The van der Waals surface area contributed by atoms with Crippen molar-refractivity contribution in [3.63, 3.8) is 0 Å². The molecule has 0 amide bonds. The predicted octanol–water partition coefficient (Wildman–Crippen LogP) is 1.74. The normalized spacial score (nSPS) is 9.12. The first-order valence-electron chi connectivity index (χ1n) is 5.17. The molecule has 0 radical (unpaired) electrons. The lowest BCUT2D eigenvalue weighted by Gasteiger charge is -1.97. The van der Waals surface area contributed by atoms with E-state index < -0.39 is 0 Å². The minimum Gasteiger partial charge on any atom is -0.377 e. The van der Waals surface area contributed by atoms with Crippen LogP contribution in [0.2, 0.25) is 0 Å². The third-order valence-electron chi connectivity index (χ3n) is 1.72. The van der Waals surface area contributed by atoms with Crippen LogP contribution in [0.15, 0.2) is 30.3 Å². The fraction of sp³-hybridized carbons (Fsp3) is 0.385. The van der Waals surface area contributed by atoms with Gasteiger partial charge >= 0.3 is 0 Å². The minimum atomic E-state index is 0.0214. The molecule has 0 unspecified atom stereocenters. The molecule has 0 aliphatic rings. The Morgan fingerprint density at radius 2 is 1.53 bits per heavy atom. The van der Waals surface area contributed by atoms with Crippen LogP contribution in [0.5, 0.6) is 0 Å². The summed E-state index contributed by atoms with van der Waals surface area (Å²) in [5.74, 6) is 0.0885. The summed E-state index contributed by atoms with van der Waals surface area (Å²) in [6.45, 7) is 1.88. The molecule has 1 aromatic carbocycles. The Morgan fingerprint density at radius 3 is 1.88 bits per heavy atom. The quantitative estimate of drug-likeness (QED) is 0.733. The van der Waals surface area contributed by atoms with Crippen LogP contribution in [0.3, 0.4) is 0 Å². The Labute approximate surface area is 102 Å². The van der Waals surface area contributed by atoms with Crippen LogP contribution < -0.4 is 0 Å². The third-order valence-corrected chi connectivity index (χ3v) is 1.72. The van der Waals surface area contributed by atoms with Crippen molar-refractivity contribution >= 4 is 11.6 Å². The average Bonchev–Trinajstić information content (AvgIpc) is 2.31. The van der Waals surface area contributed by atoms with Gasteiger partial charge in [-0.1, -0.05) is 30.3 Å². The highest BCUT2D eigenvalue weighted by molar-refractivity contribution is 5.96. The zero-order valence-electron chi connectivity index (χ0n) is 10.4. The highest BCUT2D eigenvalue weighted by Crippen LogP contribution is 1.99. The average molecular weight is 238 g/mol. The summed E-state index contributed by atoms with van der Waals surface area (Å²) in [7, 11) is 3.02. The first-order valence-corrected chi connectivity index (χ1v) is 5.17. The number of rotatable bonds is 5. The molecule has 0 spiro atoms.